The van der Waals surface area contributed by atoms with Crippen LogP contribution < -0.4 is 4.90 Å². The van der Waals surface area contributed by atoms with E-state index in [2.05, 4.69) is 49.8 Å². The van der Waals surface area contributed by atoms with E-state index in [0.717, 1.165) is 25.6 Å². The SMILES string of the molecule is CC(C)(C)[Si](C)(C)OCCC1CCN(c2ccc(Cl)nc2)CC1. The molecule has 0 bridgehead atoms. The van der Waals surface area contributed by atoms with Crippen molar-refractivity contribution in [2.75, 3.05) is 24.6 Å². The van der Waals surface area contributed by atoms with E-state index in [1.165, 1.54) is 24.9 Å². The highest BCUT2D eigenvalue weighted by atomic mass is 35.5. The van der Waals surface area contributed by atoms with Gasteiger partial charge in [-0.05, 0) is 55.4 Å². The van der Waals surface area contributed by atoms with Gasteiger partial charge < -0.3 is 9.33 Å². The van der Waals surface area contributed by atoms with E-state index in [4.69, 9.17) is 16.0 Å². The van der Waals surface area contributed by atoms with Gasteiger partial charge in [0, 0.05) is 19.7 Å². The Balaban J connectivity index is 1.74. The van der Waals surface area contributed by atoms with Crippen LogP contribution >= 0.6 is 11.6 Å². The number of pyridine rings is 1. The molecule has 23 heavy (non-hydrogen) atoms. The summed E-state index contributed by atoms with van der Waals surface area (Å²) in [7, 11) is -1.59. The number of aromatic nitrogens is 1. The molecule has 0 aliphatic carbocycles. The quantitative estimate of drug-likeness (QED) is 0.525. The van der Waals surface area contributed by atoms with Crippen LogP contribution in [0, 0.1) is 5.92 Å². The van der Waals surface area contributed by atoms with Crippen LogP contribution in [0.5, 0.6) is 0 Å². The molecule has 3 nitrogen and oxygen atoms in total. The van der Waals surface area contributed by atoms with Crippen LogP contribution in [0.1, 0.15) is 40.0 Å². The third-order valence-electron chi connectivity index (χ3n) is 5.49. The predicted octanol–water partition coefficient (Wildman–Crippen LogP) is 5.36. The van der Waals surface area contributed by atoms with Crippen molar-refractivity contribution >= 4 is 25.6 Å². The predicted molar refractivity (Wildman–Crippen MR) is 102 cm³/mol. The lowest BCUT2D eigenvalue weighted by Crippen LogP contribution is -2.41. The number of rotatable bonds is 5. The van der Waals surface area contributed by atoms with Gasteiger partial charge in [-0.3, -0.25) is 0 Å². The van der Waals surface area contributed by atoms with Crippen molar-refractivity contribution in [2.45, 2.75) is 58.2 Å². The van der Waals surface area contributed by atoms with E-state index < -0.39 is 8.32 Å². The lowest BCUT2D eigenvalue weighted by Gasteiger charge is -2.37. The summed E-state index contributed by atoms with van der Waals surface area (Å²) in [6.45, 7) is 14.7. The second kappa shape index (κ2) is 7.54. The second-order valence-corrected chi connectivity index (χ2v) is 13.4. The number of hydrogen-bond donors (Lipinski definition) is 0. The van der Waals surface area contributed by atoms with Gasteiger partial charge in [-0.1, -0.05) is 32.4 Å². The number of anilines is 1. The average molecular weight is 355 g/mol. The summed E-state index contributed by atoms with van der Waals surface area (Å²) in [6, 6.07) is 3.94. The zero-order valence-electron chi connectivity index (χ0n) is 15.2. The average Bonchev–Trinajstić information content (AvgIpc) is 2.47. The minimum Gasteiger partial charge on any atom is -0.417 e. The van der Waals surface area contributed by atoms with Gasteiger partial charge in [0.2, 0.25) is 0 Å². The maximum Gasteiger partial charge on any atom is 0.191 e. The monoisotopic (exact) mass is 354 g/mol. The molecule has 0 unspecified atom stereocenters. The molecule has 1 fully saturated rings. The maximum atomic E-state index is 6.32. The van der Waals surface area contributed by atoms with Crippen LogP contribution in [0.15, 0.2) is 18.3 Å². The molecule has 0 atom stereocenters. The normalized spacial score (nSPS) is 17.6. The molecule has 5 heteroatoms. The molecule has 0 radical (unpaired) electrons. The number of hydrogen-bond acceptors (Lipinski definition) is 3. The zero-order chi connectivity index (χ0) is 17.1. The fourth-order valence-corrected chi connectivity index (χ4v) is 3.91. The van der Waals surface area contributed by atoms with Crippen molar-refractivity contribution < 1.29 is 4.43 Å². The van der Waals surface area contributed by atoms with Gasteiger partial charge in [0.05, 0.1) is 11.9 Å². The molecule has 130 valence electrons. The lowest BCUT2D eigenvalue weighted by molar-refractivity contribution is 0.240. The topological polar surface area (TPSA) is 25.4 Å². The van der Waals surface area contributed by atoms with Crippen molar-refractivity contribution in [1.82, 2.24) is 4.98 Å². The second-order valence-electron chi connectivity index (χ2n) is 8.17. The maximum absolute atomic E-state index is 6.32. The summed E-state index contributed by atoms with van der Waals surface area (Å²) in [5.41, 5.74) is 1.19. The molecular formula is C18H31ClN2OSi. The van der Waals surface area contributed by atoms with Gasteiger partial charge in [0.15, 0.2) is 8.32 Å². The highest BCUT2D eigenvalue weighted by Crippen LogP contribution is 2.37. The number of halogens is 1. The highest BCUT2D eigenvalue weighted by Gasteiger charge is 2.37. The van der Waals surface area contributed by atoms with E-state index in [9.17, 15) is 0 Å². The Morgan fingerprint density at radius 1 is 1.26 bits per heavy atom. The van der Waals surface area contributed by atoms with Crippen molar-refractivity contribution in [3.63, 3.8) is 0 Å². The molecule has 0 saturated carbocycles. The van der Waals surface area contributed by atoms with Gasteiger partial charge in [-0.25, -0.2) is 4.98 Å². The Morgan fingerprint density at radius 3 is 2.43 bits per heavy atom. The molecule has 0 N–H and O–H groups in total. The smallest absolute Gasteiger partial charge is 0.191 e. The van der Waals surface area contributed by atoms with Crippen LogP contribution in [-0.4, -0.2) is 33.0 Å². The molecular weight excluding hydrogens is 324 g/mol. The molecule has 1 aliphatic heterocycles. The molecule has 0 spiro atoms. The van der Waals surface area contributed by atoms with Crippen molar-refractivity contribution in [3.05, 3.63) is 23.5 Å². The summed E-state index contributed by atoms with van der Waals surface area (Å²) < 4.78 is 6.32. The lowest BCUT2D eigenvalue weighted by atomic mass is 9.94. The van der Waals surface area contributed by atoms with E-state index >= 15 is 0 Å². The standard InChI is InChI=1S/C18H31ClN2OSi/c1-18(2,3)23(4,5)22-13-10-15-8-11-21(12-9-15)16-6-7-17(19)20-14-16/h6-7,14-15H,8-13H2,1-5H3. The summed E-state index contributed by atoms with van der Waals surface area (Å²) in [6.07, 6.45) is 5.55. The van der Waals surface area contributed by atoms with Gasteiger partial charge >= 0.3 is 0 Å². The van der Waals surface area contributed by atoms with E-state index in [-0.39, 0.29) is 0 Å². The van der Waals surface area contributed by atoms with Gasteiger partial charge in [-0.15, -0.1) is 0 Å². The summed E-state index contributed by atoms with van der Waals surface area (Å²) >= 11 is 5.86. The first kappa shape index (κ1) is 18.8. The minimum atomic E-state index is -1.59. The van der Waals surface area contributed by atoms with Crippen LogP contribution in [-0.2, 0) is 4.43 Å². The van der Waals surface area contributed by atoms with Gasteiger partial charge in [0.25, 0.3) is 0 Å². The molecule has 1 aromatic heterocycles. The molecule has 2 rings (SSSR count). The summed E-state index contributed by atoms with van der Waals surface area (Å²) in [5.74, 6) is 0.788. The molecule has 1 saturated heterocycles. The molecule has 2 heterocycles. The van der Waals surface area contributed by atoms with Crippen LogP contribution in [0.25, 0.3) is 0 Å². The Kier molecular flexibility index (Phi) is 6.14. The third-order valence-corrected chi connectivity index (χ3v) is 10.2. The van der Waals surface area contributed by atoms with Crippen molar-refractivity contribution in [3.8, 4) is 0 Å². The number of nitrogens with zero attached hydrogens (tertiary/aromatic N) is 2. The highest BCUT2D eigenvalue weighted by molar-refractivity contribution is 6.74. The Morgan fingerprint density at radius 2 is 1.91 bits per heavy atom. The minimum absolute atomic E-state index is 0.304. The Hall–Kier alpha value is -0.583. The zero-order valence-corrected chi connectivity index (χ0v) is 17.0. The first-order valence-corrected chi connectivity index (χ1v) is 12.0. The van der Waals surface area contributed by atoms with Gasteiger partial charge in [0.1, 0.15) is 5.15 Å². The van der Waals surface area contributed by atoms with E-state index in [1.54, 1.807) is 0 Å². The Bertz CT molecular complexity index is 491. The first-order chi connectivity index (χ1) is 10.7. The largest absolute Gasteiger partial charge is 0.417 e. The molecule has 0 amide bonds. The fraction of sp³-hybridized carbons (Fsp3) is 0.722. The van der Waals surface area contributed by atoms with Crippen molar-refractivity contribution in [2.24, 2.45) is 5.92 Å². The van der Waals surface area contributed by atoms with Crippen LogP contribution in [0.4, 0.5) is 5.69 Å². The van der Waals surface area contributed by atoms with Crippen LogP contribution in [0.2, 0.25) is 23.3 Å². The number of piperidine rings is 1. The van der Waals surface area contributed by atoms with Crippen LogP contribution in [0.3, 0.4) is 0 Å². The first-order valence-electron chi connectivity index (χ1n) is 8.69. The molecule has 1 aliphatic rings. The molecule has 0 aromatic carbocycles. The van der Waals surface area contributed by atoms with E-state index in [1.807, 2.05) is 12.3 Å². The third kappa shape index (κ3) is 5.20. The fourth-order valence-electron chi connectivity index (χ4n) is 2.73. The summed E-state index contributed by atoms with van der Waals surface area (Å²) in [4.78, 5) is 6.59. The summed E-state index contributed by atoms with van der Waals surface area (Å²) in [5, 5.41) is 0.865. The Labute approximate surface area is 147 Å². The van der Waals surface area contributed by atoms with Crippen molar-refractivity contribution in [1.29, 1.82) is 0 Å². The van der Waals surface area contributed by atoms with Gasteiger partial charge in [-0.2, -0.15) is 0 Å². The molecule has 1 aromatic rings. The van der Waals surface area contributed by atoms with E-state index in [0.29, 0.717) is 10.2 Å².